The molecule has 0 amide bonds. The second-order valence-corrected chi connectivity index (χ2v) is 2.31. The molecular weight excluding hydrogens is 159 g/mol. The van der Waals surface area contributed by atoms with Gasteiger partial charge in [0.05, 0.1) is 6.54 Å². The Morgan fingerprint density at radius 2 is 1.91 bits per heavy atom. The molecule has 0 radical (unpaired) electrons. The van der Waals surface area contributed by atoms with Crippen molar-refractivity contribution < 1.29 is 5.11 Å². The highest BCUT2D eigenvalue weighted by molar-refractivity contribution is 7.14. The number of nitrogens with zero attached hydrogens (tertiary/aromatic N) is 2. The summed E-state index contributed by atoms with van der Waals surface area (Å²) in [7, 11) is 2.17. The van der Waals surface area contributed by atoms with Crippen LogP contribution < -0.4 is 0 Å². The lowest BCUT2D eigenvalue weighted by atomic mass is 10.2. The van der Waals surface area contributed by atoms with Crippen LogP contribution in [0.2, 0.25) is 0 Å². The van der Waals surface area contributed by atoms with Crippen molar-refractivity contribution >= 4 is 9.39 Å². The van der Waals surface area contributed by atoms with Crippen molar-refractivity contribution in [2.75, 3.05) is 0 Å². The summed E-state index contributed by atoms with van der Waals surface area (Å²) in [5.74, 6) is 0.275. The summed E-state index contributed by atoms with van der Waals surface area (Å²) in [6.45, 7) is 0.559. The van der Waals surface area contributed by atoms with E-state index in [-0.39, 0.29) is 5.75 Å². The van der Waals surface area contributed by atoms with Gasteiger partial charge >= 0.3 is 0 Å². The van der Waals surface area contributed by atoms with Crippen molar-refractivity contribution in [2.45, 2.75) is 6.54 Å². The van der Waals surface area contributed by atoms with Crippen LogP contribution >= 0.6 is 9.39 Å². The van der Waals surface area contributed by atoms with Gasteiger partial charge in [0.1, 0.15) is 5.75 Å². The van der Waals surface area contributed by atoms with E-state index in [2.05, 4.69) is 19.4 Å². The van der Waals surface area contributed by atoms with Gasteiger partial charge < -0.3 is 5.11 Å². The zero-order valence-corrected chi connectivity index (χ0v) is 7.09. The van der Waals surface area contributed by atoms with E-state index in [0.717, 1.165) is 5.56 Å². The van der Waals surface area contributed by atoms with Gasteiger partial charge in [0.2, 0.25) is 0 Å². The Bertz CT molecular complexity index is 245. The third-order valence-electron chi connectivity index (χ3n) is 1.27. The fourth-order valence-electron chi connectivity index (χ4n) is 0.724. The molecule has 1 aromatic carbocycles. The largest absolute Gasteiger partial charge is 0.508 e. The van der Waals surface area contributed by atoms with Crippen molar-refractivity contribution in [3.63, 3.8) is 0 Å². The van der Waals surface area contributed by atoms with Gasteiger partial charge in [-0.2, -0.15) is 10.00 Å². The van der Waals surface area contributed by atoms with Crippen LogP contribution in [0.5, 0.6) is 5.75 Å². The summed E-state index contributed by atoms with van der Waals surface area (Å²) < 4.78 is 0. The maximum absolute atomic E-state index is 8.92. The normalized spacial score (nSPS) is 10.6. The Morgan fingerprint density at radius 1 is 1.27 bits per heavy atom. The van der Waals surface area contributed by atoms with Crippen LogP contribution in [0.4, 0.5) is 0 Å². The van der Waals surface area contributed by atoms with Crippen LogP contribution in [0.15, 0.2) is 34.3 Å². The van der Waals surface area contributed by atoms with Crippen LogP contribution in [0, 0.1) is 0 Å². The first-order valence-corrected chi connectivity index (χ1v) is 3.69. The summed E-state index contributed by atoms with van der Waals surface area (Å²) in [4.78, 5) is 3.53. The highest BCUT2D eigenvalue weighted by Crippen LogP contribution is 2.10. The number of hydrogen-bond acceptors (Lipinski definition) is 3. The molecule has 3 nitrogen and oxygen atoms in total. The molecule has 58 valence electrons. The van der Waals surface area contributed by atoms with Crippen LogP contribution in [-0.2, 0) is 6.54 Å². The van der Waals surface area contributed by atoms with Crippen LogP contribution in [0.25, 0.3) is 0 Å². The molecule has 0 heterocycles. The number of phenolic OH excluding ortho intramolecular Hbond substituents is 1. The maximum Gasteiger partial charge on any atom is 0.115 e. The quantitative estimate of drug-likeness (QED) is 0.533. The zero-order valence-electron chi connectivity index (χ0n) is 5.94. The Labute approximate surface area is 67.4 Å². The molecule has 0 fully saturated rings. The first kappa shape index (κ1) is 8.15. The van der Waals surface area contributed by atoms with E-state index in [4.69, 9.17) is 5.11 Å². The van der Waals surface area contributed by atoms with Crippen LogP contribution in [0.1, 0.15) is 5.56 Å². The van der Waals surface area contributed by atoms with Crippen molar-refractivity contribution in [1.29, 1.82) is 0 Å². The van der Waals surface area contributed by atoms with Gasteiger partial charge in [-0.25, -0.2) is 0 Å². The SMILES string of the molecule is Oc1ccc(CN=NP)cc1. The van der Waals surface area contributed by atoms with E-state index in [9.17, 15) is 0 Å². The average Bonchev–Trinajstić information content (AvgIpc) is 2.04. The number of phenols is 1. The summed E-state index contributed by atoms with van der Waals surface area (Å²) in [5.41, 5.74) is 1.04. The first-order chi connectivity index (χ1) is 5.33. The van der Waals surface area contributed by atoms with Gasteiger partial charge in [0.15, 0.2) is 0 Å². The number of benzene rings is 1. The lowest BCUT2D eigenvalue weighted by Gasteiger charge is -1.94. The standard InChI is InChI=1S/C7H9N2OP/c10-7-3-1-6(2-4-7)5-8-9-11/h1-4,10H,5,11H2. The zero-order chi connectivity index (χ0) is 8.10. The highest BCUT2D eigenvalue weighted by atomic mass is 31.0. The predicted molar refractivity (Wildman–Crippen MR) is 46.4 cm³/mol. The molecule has 0 saturated carbocycles. The average molecular weight is 168 g/mol. The molecule has 4 heteroatoms. The predicted octanol–water partition coefficient (Wildman–Crippen LogP) is 2.13. The second-order valence-electron chi connectivity index (χ2n) is 2.08. The third kappa shape index (κ3) is 2.64. The van der Waals surface area contributed by atoms with E-state index in [1.54, 1.807) is 12.1 Å². The maximum atomic E-state index is 8.92. The van der Waals surface area contributed by atoms with Crippen molar-refractivity contribution in [1.82, 2.24) is 0 Å². The smallest absolute Gasteiger partial charge is 0.115 e. The molecule has 0 aliphatic rings. The van der Waals surface area contributed by atoms with Gasteiger partial charge in [0.25, 0.3) is 0 Å². The van der Waals surface area contributed by atoms with E-state index in [1.165, 1.54) is 0 Å². The Morgan fingerprint density at radius 3 is 2.45 bits per heavy atom. The molecule has 0 aliphatic heterocycles. The van der Waals surface area contributed by atoms with Gasteiger partial charge in [-0.1, -0.05) is 12.1 Å². The molecule has 0 aromatic heterocycles. The topological polar surface area (TPSA) is 45.0 Å². The fourth-order valence-corrected chi connectivity index (χ4v) is 0.805. The fraction of sp³-hybridized carbons (Fsp3) is 0.143. The minimum Gasteiger partial charge on any atom is -0.508 e. The van der Waals surface area contributed by atoms with Gasteiger partial charge in [-0.05, 0) is 17.7 Å². The van der Waals surface area contributed by atoms with Gasteiger partial charge in [0, 0.05) is 9.39 Å². The molecule has 0 bridgehead atoms. The van der Waals surface area contributed by atoms with Crippen LogP contribution in [-0.4, -0.2) is 5.11 Å². The van der Waals surface area contributed by atoms with E-state index in [1.807, 2.05) is 12.1 Å². The number of rotatable bonds is 2. The van der Waals surface area contributed by atoms with Gasteiger partial charge in [-0.3, -0.25) is 0 Å². The summed E-state index contributed by atoms with van der Waals surface area (Å²) in [6.07, 6.45) is 0. The molecule has 1 N–H and O–H groups in total. The number of hydrogen-bond donors (Lipinski definition) is 1. The van der Waals surface area contributed by atoms with Crippen molar-refractivity contribution in [3.8, 4) is 5.75 Å². The third-order valence-corrected chi connectivity index (χ3v) is 1.43. The molecule has 0 aliphatic carbocycles. The Balaban J connectivity index is 2.66. The molecule has 0 saturated heterocycles. The van der Waals surface area contributed by atoms with E-state index >= 15 is 0 Å². The monoisotopic (exact) mass is 168 g/mol. The first-order valence-electron chi connectivity index (χ1n) is 3.17. The van der Waals surface area contributed by atoms with Crippen molar-refractivity contribution in [3.05, 3.63) is 29.8 Å². The van der Waals surface area contributed by atoms with Gasteiger partial charge in [-0.15, -0.1) is 0 Å². The minimum absolute atomic E-state index is 0.275. The van der Waals surface area contributed by atoms with Crippen molar-refractivity contribution in [2.24, 2.45) is 10.00 Å². The highest BCUT2D eigenvalue weighted by Gasteiger charge is 1.89. The Hall–Kier alpha value is -0.950. The molecule has 0 spiro atoms. The summed E-state index contributed by atoms with van der Waals surface area (Å²) in [6, 6.07) is 6.89. The molecule has 11 heavy (non-hydrogen) atoms. The minimum atomic E-state index is 0.275. The molecular formula is C7H9N2OP. The number of aromatic hydroxyl groups is 1. The van der Waals surface area contributed by atoms with E-state index in [0.29, 0.717) is 6.54 Å². The van der Waals surface area contributed by atoms with Crippen LogP contribution in [0.3, 0.4) is 0 Å². The molecule has 1 aromatic rings. The second kappa shape index (κ2) is 4.04. The molecule has 1 unspecified atom stereocenters. The summed E-state index contributed by atoms with van der Waals surface area (Å²) >= 11 is 0. The lowest BCUT2D eigenvalue weighted by Crippen LogP contribution is -1.77. The van der Waals surface area contributed by atoms with E-state index < -0.39 is 0 Å². The molecule has 1 atom stereocenters. The summed E-state index contributed by atoms with van der Waals surface area (Å²) in [5, 5.41) is 12.7. The Kier molecular flexibility index (Phi) is 2.99. The molecule has 1 rings (SSSR count). The lowest BCUT2D eigenvalue weighted by molar-refractivity contribution is 0.475.